The fraction of sp³-hybridized carbons (Fsp3) is 0.250. The number of piperidine rings is 1. The van der Waals surface area contributed by atoms with Gasteiger partial charge in [-0.15, -0.1) is 0 Å². The van der Waals surface area contributed by atoms with Crippen LogP contribution in [-0.4, -0.2) is 29.9 Å². The first kappa shape index (κ1) is 23.2. The van der Waals surface area contributed by atoms with Gasteiger partial charge in [-0.1, -0.05) is 43.3 Å². The molecule has 0 aliphatic carbocycles. The lowest BCUT2D eigenvalue weighted by Gasteiger charge is -2.33. The third-order valence-electron chi connectivity index (χ3n) is 6.04. The first-order valence-corrected chi connectivity index (χ1v) is 11.7. The third kappa shape index (κ3) is 6.32. The molecular weight excluding hydrogens is 424 g/mol. The number of benzene rings is 2. The van der Waals surface area contributed by atoms with E-state index in [4.69, 9.17) is 0 Å². The van der Waals surface area contributed by atoms with Crippen LogP contribution in [0.1, 0.15) is 41.3 Å². The molecule has 0 unspecified atom stereocenters. The largest absolute Gasteiger partial charge is 0.371 e. The molecule has 174 valence electrons. The van der Waals surface area contributed by atoms with Crippen molar-refractivity contribution in [3.8, 4) is 0 Å². The minimum Gasteiger partial charge on any atom is -0.371 e. The number of rotatable bonds is 7. The predicted octanol–water partition coefficient (Wildman–Crippen LogP) is 4.90. The lowest BCUT2D eigenvalue weighted by molar-refractivity contribution is -0.111. The summed E-state index contributed by atoms with van der Waals surface area (Å²) in [5, 5.41) is 5.88. The zero-order valence-electron chi connectivity index (χ0n) is 19.4. The van der Waals surface area contributed by atoms with E-state index >= 15 is 0 Å². The van der Waals surface area contributed by atoms with E-state index in [0.29, 0.717) is 23.7 Å². The van der Waals surface area contributed by atoms with E-state index in [9.17, 15) is 9.59 Å². The highest BCUT2D eigenvalue weighted by molar-refractivity contribution is 6.05. The number of nitrogens with one attached hydrogen (secondary N) is 2. The van der Waals surface area contributed by atoms with E-state index in [1.54, 1.807) is 24.5 Å². The van der Waals surface area contributed by atoms with Crippen molar-refractivity contribution in [2.45, 2.75) is 26.3 Å². The van der Waals surface area contributed by atoms with E-state index in [0.717, 1.165) is 42.7 Å². The second-order valence-electron chi connectivity index (χ2n) is 8.68. The Hall–Kier alpha value is -3.93. The maximum absolute atomic E-state index is 13.2. The van der Waals surface area contributed by atoms with Crippen molar-refractivity contribution in [3.63, 3.8) is 0 Å². The third-order valence-corrected chi connectivity index (χ3v) is 6.04. The molecule has 34 heavy (non-hydrogen) atoms. The highest BCUT2D eigenvalue weighted by atomic mass is 16.2. The molecule has 2 aromatic carbocycles. The van der Waals surface area contributed by atoms with E-state index in [-0.39, 0.29) is 11.8 Å². The van der Waals surface area contributed by atoms with Crippen LogP contribution >= 0.6 is 0 Å². The normalized spacial score (nSPS) is 14.2. The van der Waals surface area contributed by atoms with E-state index < -0.39 is 0 Å². The molecular formula is C28H30N4O2. The summed E-state index contributed by atoms with van der Waals surface area (Å²) < 4.78 is 0. The van der Waals surface area contributed by atoms with Crippen LogP contribution in [0.4, 0.5) is 11.4 Å². The molecule has 3 aromatic rings. The van der Waals surface area contributed by atoms with Gasteiger partial charge in [0, 0.05) is 49.5 Å². The Bertz CT molecular complexity index is 1140. The Labute approximate surface area is 200 Å². The molecule has 6 nitrogen and oxygen atoms in total. The predicted molar refractivity (Wildman–Crippen MR) is 137 cm³/mol. The quantitative estimate of drug-likeness (QED) is 0.498. The Morgan fingerprint density at radius 2 is 1.85 bits per heavy atom. The zero-order valence-corrected chi connectivity index (χ0v) is 19.4. The van der Waals surface area contributed by atoms with Crippen molar-refractivity contribution in [1.29, 1.82) is 0 Å². The number of anilines is 2. The Morgan fingerprint density at radius 1 is 1.06 bits per heavy atom. The molecule has 6 heteroatoms. The summed E-state index contributed by atoms with van der Waals surface area (Å²) in [7, 11) is 0. The molecule has 0 spiro atoms. The maximum Gasteiger partial charge on any atom is 0.253 e. The van der Waals surface area contributed by atoms with E-state index in [1.165, 1.54) is 6.08 Å². The van der Waals surface area contributed by atoms with Crippen molar-refractivity contribution < 1.29 is 9.59 Å². The summed E-state index contributed by atoms with van der Waals surface area (Å²) in [6, 6.07) is 19.0. The number of aromatic nitrogens is 1. The summed E-state index contributed by atoms with van der Waals surface area (Å²) in [6.07, 6.45) is 8.90. The Morgan fingerprint density at radius 3 is 2.59 bits per heavy atom. The van der Waals surface area contributed by atoms with Crippen molar-refractivity contribution >= 4 is 29.3 Å². The Balaban J connectivity index is 1.52. The summed E-state index contributed by atoms with van der Waals surface area (Å²) in [5.41, 5.74) is 3.92. The van der Waals surface area contributed by atoms with Gasteiger partial charge in [-0.3, -0.25) is 14.6 Å². The van der Waals surface area contributed by atoms with Crippen molar-refractivity contribution in [2.24, 2.45) is 5.92 Å². The number of nitrogens with zero attached hydrogens (tertiary/aromatic N) is 2. The highest BCUT2D eigenvalue weighted by Gasteiger charge is 2.21. The van der Waals surface area contributed by atoms with Crippen LogP contribution in [0.15, 0.2) is 79.1 Å². The molecule has 1 aromatic heterocycles. The zero-order chi connectivity index (χ0) is 23.8. The summed E-state index contributed by atoms with van der Waals surface area (Å²) in [6.45, 7) is 4.48. The molecule has 0 saturated carbocycles. The van der Waals surface area contributed by atoms with Gasteiger partial charge in [0.2, 0.25) is 5.91 Å². The van der Waals surface area contributed by atoms with Crippen LogP contribution in [0.2, 0.25) is 0 Å². The second kappa shape index (κ2) is 11.3. The molecule has 1 aliphatic rings. The minimum absolute atomic E-state index is 0.173. The molecule has 1 fully saturated rings. The Kier molecular flexibility index (Phi) is 7.71. The van der Waals surface area contributed by atoms with Gasteiger partial charge in [0.15, 0.2) is 0 Å². The van der Waals surface area contributed by atoms with Crippen molar-refractivity contribution in [1.82, 2.24) is 10.3 Å². The average Bonchev–Trinajstić information content (AvgIpc) is 2.88. The summed E-state index contributed by atoms with van der Waals surface area (Å²) in [5.74, 6) is 0.271. The first-order valence-electron chi connectivity index (χ1n) is 11.7. The van der Waals surface area contributed by atoms with Crippen molar-refractivity contribution in [3.05, 3.63) is 95.8 Å². The molecule has 1 aliphatic heterocycles. The minimum atomic E-state index is -0.245. The topological polar surface area (TPSA) is 74.3 Å². The van der Waals surface area contributed by atoms with Crippen LogP contribution in [0, 0.1) is 5.92 Å². The first-order chi connectivity index (χ1) is 16.6. The smallest absolute Gasteiger partial charge is 0.253 e. The van der Waals surface area contributed by atoms with Crippen LogP contribution in [0.5, 0.6) is 0 Å². The van der Waals surface area contributed by atoms with Crippen LogP contribution in [0.3, 0.4) is 0 Å². The second-order valence-corrected chi connectivity index (χ2v) is 8.68. The lowest BCUT2D eigenvalue weighted by atomic mass is 9.97. The average molecular weight is 455 g/mol. The lowest BCUT2D eigenvalue weighted by Crippen LogP contribution is -2.35. The van der Waals surface area contributed by atoms with E-state index in [2.05, 4.69) is 27.4 Å². The molecule has 4 rings (SSSR count). The van der Waals surface area contributed by atoms with Gasteiger partial charge in [-0.25, -0.2) is 0 Å². The van der Waals surface area contributed by atoms with Gasteiger partial charge < -0.3 is 15.5 Å². The van der Waals surface area contributed by atoms with Gasteiger partial charge in [-0.2, -0.15) is 0 Å². The number of hydrogen-bond acceptors (Lipinski definition) is 4. The van der Waals surface area contributed by atoms with Gasteiger partial charge in [0.1, 0.15) is 0 Å². The molecule has 2 N–H and O–H groups in total. The van der Waals surface area contributed by atoms with Crippen LogP contribution < -0.4 is 15.5 Å². The monoisotopic (exact) mass is 454 g/mol. The number of pyridine rings is 1. The van der Waals surface area contributed by atoms with Crippen LogP contribution in [0.25, 0.3) is 6.08 Å². The van der Waals surface area contributed by atoms with Gasteiger partial charge in [0.05, 0.1) is 5.56 Å². The fourth-order valence-corrected chi connectivity index (χ4v) is 4.02. The van der Waals surface area contributed by atoms with Crippen LogP contribution in [-0.2, 0) is 11.3 Å². The summed E-state index contributed by atoms with van der Waals surface area (Å²) in [4.78, 5) is 32.1. The van der Waals surface area contributed by atoms with Gasteiger partial charge >= 0.3 is 0 Å². The maximum atomic E-state index is 13.2. The number of carbonyl (C=O) groups is 2. The van der Waals surface area contributed by atoms with Crippen molar-refractivity contribution in [2.75, 3.05) is 23.3 Å². The molecule has 2 amide bonds. The molecule has 0 bridgehead atoms. The molecule has 0 radical (unpaired) electrons. The number of carbonyl (C=O) groups excluding carboxylic acids is 2. The summed E-state index contributed by atoms with van der Waals surface area (Å²) >= 11 is 0. The number of hydrogen-bond donors (Lipinski definition) is 2. The highest BCUT2D eigenvalue weighted by Crippen LogP contribution is 2.29. The molecule has 1 saturated heterocycles. The standard InChI is InChI=1S/C28H30N4O2/c1-21-13-16-32(17-14-21)26-11-10-24(31-27(33)12-9-22-6-3-2-4-7-22)18-25(26)28(34)30-20-23-8-5-15-29-19-23/h2-12,15,18-19,21H,13-14,16-17,20H2,1H3,(H,30,34)(H,31,33)/b12-9+. The fourth-order valence-electron chi connectivity index (χ4n) is 4.02. The SMILES string of the molecule is CC1CCN(c2ccc(NC(=O)/C=C/c3ccccc3)cc2C(=O)NCc2cccnc2)CC1. The van der Waals surface area contributed by atoms with E-state index in [1.807, 2.05) is 54.6 Å². The van der Waals surface area contributed by atoms with Gasteiger partial charge in [-0.05, 0) is 60.2 Å². The molecule has 2 heterocycles. The number of amides is 2. The van der Waals surface area contributed by atoms with Gasteiger partial charge in [0.25, 0.3) is 5.91 Å². The molecule has 0 atom stereocenters.